The van der Waals surface area contributed by atoms with Gasteiger partial charge in [-0.15, -0.1) is 0 Å². The number of fused-ring (bicyclic) bond motifs is 1. The molecule has 0 amide bonds. The van der Waals surface area contributed by atoms with Crippen LogP contribution in [0.25, 0.3) is 10.9 Å². The molecule has 0 aliphatic heterocycles. The molecule has 0 atom stereocenters. The van der Waals surface area contributed by atoms with Gasteiger partial charge >= 0.3 is 6.18 Å². The molecule has 0 spiro atoms. The average Bonchev–Trinajstić information content (AvgIpc) is 2.15. The van der Waals surface area contributed by atoms with E-state index in [2.05, 4.69) is 20.9 Å². The SMILES string of the molecule is Cc1cc(Br)nc2ccc(C(F)(F)F)cc12. The van der Waals surface area contributed by atoms with Gasteiger partial charge in [0.2, 0.25) is 0 Å². The van der Waals surface area contributed by atoms with Crippen molar-refractivity contribution in [2.24, 2.45) is 0 Å². The highest BCUT2D eigenvalue weighted by molar-refractivity contribution is 9.10. The first-order valence-electron chi connectivity index (χ1n) is 4.52. The van der Waals surface area contributed by atoms with Gasteiger partial charge in [-0.05, 0) is 52.7 Å². The Morgan fingerprint density at radius 2 is 1.88 bits per heavy atom. The molecule has 0 N–H and O–H groups in total. The van der Waals surface area contributed by atoms with E-state index in [9.17, 15) is 13.2 Å². The summed E-state index contributed by atoms with van der Waals surface area (Å²) in [5.41, 5.74) is 0.676. The minimum absolute atomic E-state index is 0.526. The molecule has 1 aromatic heterocycles. The molecule has 16 heavy (non-hydrogen) atoms. The van der Waals surface area contributed by atoms with E-state index in [0.29, 0.717) is 15.5 Å². The third-order valence-corrected chi connectivity index (χ3v) is 2.72. The zero-order chi connectivity index (χ0) is 11.9. The summed E-state index contributed by atoms with van der Waals surface area (Å²) in [5.74, 6) is 0. The maximum absolute atomic E-state index is 12.5. The van der Waals surface area contributed by atoms with Crippen molar-refractivity contribution in [1.29, 1.82) is 0 Å². The fourth-order valence-electron chi connectivity index (χ4n) is 1.53. The van der Waals surface area contributed by atoms with E-state index in [0.717, 1.165) is 17.7 Å². The minimum Gasteiger partial charge on any atom is -0.241 e. The van der Waals surface area contributed by atoms with Gasteiger partial charge in [-0.1, -0.05) is 0 Å². The topological polar surface area (TPSA) is 12.9 Å². The number of rotatable bonds is 0. The van der Waals surface area contributed by atoms with Crippen LogP contribution < -0.4 is 0 Å². The van der Waals surface area contributed by atoms with Crippen LogP contribution >= 0.6 is 15.9 Å². The van der Waals surface area contributed by atoms with E-state index in [4.69, 9.17) is 0 Å². The normalized spacial score (nSPS) is 12.1. The van der Waals surface area contributed by atoms with Crippen LogP contribution in [-0.4, -0.2) is 4.98 Å². The molecule has 0 bridgehead atoms. The highest BCUT2D eigenvalue weighted by Gasteiger charge is 2.30. The highest BCUT2D eigenvalue weighted by atomic mass is 79.9. The molecular weight excluding hydrogens is 283 g/mol. The quantitative estimate of drug-likeness (QED) is 0.658. The smallest absolute Gasteiger partial charge is 0.241 e. The maximum Gasteiger partial charge on any atom is 0.416 e. The van der Waals surface area contributed by atoms with Crippen LogP contribution in [0, 0.1) is 6.92 Å². The predicted octanol–water partition coefficient (Wildman–Crippen LogP) is 4.32. The summed E-state index contributed by atoms with van der Waals surface area (Å²) in [6, 6.07) is 5.25. The summed E-state index contributed by atoms with van der Waals surface area (Å²) in [6.45, 7) is 1.76. The number of aromatic nitrogens is 1. The Balaban J connectivity index is 2.72. The van der Waals surface area contributed by atoms with Crippen LogP contribution in [0.3, 0.4) is 0 Å². The van der Waals surface area contributed by atoms with E-state index in [1.54, 1.807) is 13.0 Å². The number of aryl methyl sites for hydroxylation is 1. The van der Waals surface area contributed by atoms with Crippen molar-refractivity contribution < 1.29 is 13.2 Å². The fraction of sp³-hybridized carbons (Fsp3) is 0.182. The van der Waals surface area contributed by atoms with Gasteiger partial charge in [0.15, 0.2) is 0 Å². The van der Waals surface area contributed by atoms with Crippen LogP contribution in [0.15, 0.2) is 28.9 Å². The van der Waals surface area contributed by atoms with Crippen molar-refractivity contribution in [2.45, 2.75) is 13.1 Å². The second-order valence-electron chi connectivity index (χ2n) is 3.49. The molecule has 0 radical (unpaired) electrons. The molecule has 84 valence electrons. The number of hydrogen-bond acceptors (Lipinski definition) is 1. The zero-order valence-corrected chi connectivity index (χ0v) is 9.85. The summed E-state index contributed by atoms with van der Waals surface area (Å²) in [7, 11) is 0. The summed E-state index contributed by atoms with van der Waals surface area (Å²) < 4.78 is 38.1. The van der Waals surface area contributed by atoms with Gasteiger partial charge in [-0.25, -0.2) is 4.98 Å². The summed E-state index contributed by atoms with van der Waals surface area (Å²) >= 11 is 3.21. The zero-order valence-electron chi connectivity index (χ0n) is 8.27. The first-order chi connectivity index (χ1) is 7.38. The number of benzene rings is 1. The standard InChI is InChI=1S/C11H7BrF3N/c1-6-4-10(12)16-9-3-2-7(5-8(6)9)11(13,14)15/h2-5H,1H3. The number of alkyl halides is 3. The molecule has 1 aromatic carbocycles. The molecule has 1 heterocycles. The van der Waals surface area contributed by atoms with Gasteiger partial charge in [0, 0.05) is 5.39 Å². The first-order valence-corrected chi connectivity index (χ1v) is 5.31. The minimum atomic E-state index is -4.31. The summed E-state index contributed by atoms with van der Waals surface area (Å²) in [4.78, 5) is 4.11. The molecule has 0 aliphatic rings. The second-order valence-corrected chi connectivity index (χ2v) is 4.30. The van der Waals surface area contributed by atoms with Crippen LogP contribution in [0.4, 0.5) is 13.2 Å². The molecule has 1 nitrogen and oxygen atoms in total. The molecule has 2 rings (SSSR count). The fourth-order valence-corrected chi connectivity index (χ4v) is 2.06. The summed E-state index contributed by atoms with van der Waals surface area (Å²) in [6.07, 6.45) is -4.31. The number of nitrogens with zero attached hydrogens (tertiary/aromatic N) is 1. The Kier molecular flexibility index (Phi) is 2.66. The Bertz CT molecular complexity index is 549. The Morgan fingerprint density at radius 3 is 2.50 bits per heavy atom. The van der Waals surface area contributed by atoms with Crippen molar-refractivity contribution in [3.8, 4) is 0 Å². The molecule has 5 heteroatoms. The van der Waals surface area contributed by atoms with Crippen LogP contribution in [0.1, 0.15) is 11.1 Å². The largest absolute Gasteiger partial charge is 0.416 e. The molecule has 0 unspecified atom stereocenters. The monoisotopic (exact) mass is 289 g/mol. The van der Waals surface area contributed by atoms with Crippen LogP contribution in [0.5, 0.6) is 0 Å². The van der Waals surface area contributed by atoms with Gasteiger partial charge in [-0.3, -0.25) is 0 Å². The Hall–Kier alpha value is -1.10. The number of halogens is 4. The Morgan fingerprint density at radius 1 is 1.19 bits per heavy atom. The van der Waals surface area contributed by atoms with Crippen LogP contribution in [-0.2, 0) is 6.18 Å². The average molecular weight is 290 g/mol. The molecule has 0 fully saturated rings. The van der Waals surface area contributed by atoms with Gasteiger partial charge in [0.1, 0.15) is 4.60 Å². The first kappa shape index (κ1) is 11.4. The predicted molar refractivity (Wildman–Crippen MR) is 59.2 cm³/mol. The second kappa shape index (κ2) is 3.73. The van der Waals surface area contributed by atoms with E-state index in [1.165, 1.54) is 6.07 Å². The van der Waals surface area contributed by atoms with E-state index >= 15 is 0 Å². The van der Waals surface area contributed by atoms with Gasteiger partial charge in [0.25, 0.3) is 0 Å². The lowest BCUT2D eigenvalue weighted by molar-refractivity contribution is -0.137. The lowest BCUT2D eigenvalue weighted by Gasteiger charge is -2.09. The van der Waals surface area contributed by atoms with Crippen molar-refractivity contribution in [1.82, 2.24) is 4.98 Å². The van der Waals surface area contributed by atoms with E-state index in [-0.39, 0.29) is 0 Å². The lowest BCUT2D eigenvalue weighted by Crippen LogP contribution is -2.04. The van der Waals surface area contributed by atoms with Gasteiger partial charge < -0.3 is 0 Å². The van der Waals surface area contributed by atoms with Crippen molar-refractivity contribution in [2.75, 3.05) is 0 Å². The molecule has 0 aliphatic carbocycles. The van der Waals surface area contributed by atoms with E-state index < -0.39 is 11.7 Å². The van der Waals surface area contributed by atoms with Crippen molar-refractivity contribution >= 4 is 26.8 Å². The van der Waals surface area contributed by atoms with Gasteiger partial charge in [0.05, 0.1) is 11.1 Å². The van der Waals surface area contributed by atoms with Crippen molar-refractivity contribution in [3.63, 3.8) is 0 Å². The molecular formula is C11H7BrF3N. The van der Waals surface area contributed by atoms with E-state index in [1.807, 2.05) is 0 Å². The van der Waals surface area contributed by atoms with Crippen molar-refractivity contribution in [3.05, 3.63) is 40.0 Å². The highest BCUT2D eigenvalue weighted by Crippen LogP contribution is 2.32. The summed E-state index contributed by atoms with van der Waals surface area (Å²) in [5, 5.41) is 0.526. The number of hydrogen-bond donors (Lipinski definition) is 0. The molecule has 0 saturated carbocycles. The molecule has 2 aromatic rings. The molecule has 0 saturated heterocycles. The lowest BCUT2D eigenvalue weighted by atomic mass is 10.1. The third-order valence-electron chi connectivity index (χ3n) is 2.31. The number of pyridine rings is 1. The van der Waals surface area contributed by atoms with Gasteiger partial charge in [-0.2, -0.15) is 13.2 Å². The third kappa shape index (κ3) is 2.04. The Labute approximate surface area is 98.4 Å². The van der Waals surface area contributed by atoms with Crippen LogP contribution in [0.2, 0.25) is 0 Å². The maximum atomic E-state index is 12.5.